The number of aromatic nitrogens is 2. The number of rotatable bonds is 6. The van der Waals surface area contributed by atoms with Crippen LogP contribution in [0.1, 0.15) is 18.7 Å². The number of sulfonamides is 1. The predicted octanol–water partition coefficient (Wildman–Crippen LogP) is 3.15. The number of nitrogens with zero attached hydrogens (tertiary/aromatic N) is 3. The normalized spacial score (nSPS) is 17.4. The summed E-state index contributed by atoms with van der Waals surface area (Å²) in [4.78, 5) is 16.9. The lowest BCUT2D eigenvalue weighted by molar-refractivity contribution is -0.120. The number of amides is 1. The molecule has 1 aliphatic rings. The van der Waals surface area contributed by atoms with Gasteiger partial charge in [-0.2, -0.15) is 9.29 Å². The molecule has 164 valence electrons. The van der Waals surface area contributed by atoms with Crippen LogP contribution in [0.15, 0.2) is 44.4 Å². The van der Waals surface area contributed by atoms with Crippen LogP contribution in [-0.4, -0.2) is 49.0 Å². The zero-order valence-corrected chi connectivity index (χ0v) is 18.7. The zero-order valence-electron chi connectivity index (χ0n) is 17.1. The van der Waals surface area contributed by atoms with Crippen molar-refractivity contribution in [2.24, 2.45) is 5.92 Å². The largest absolute Gasteiger partial charge is 0.497 e. The van der Waals surface area contributed by atoms with E-state index in [1.165, 1.54) is 4.31 Å². The Hall–Kier alpha value is -2.76. The van der Waals surface area contributed by atoms with Crippen LogP contribution < -0.4 is 10.1 Å². The minimum atomic E-state index is -3.73. The topological polar surface area (TPSA) is 115 Å². The molecule has 1 amide bonds. The van der Waals surface area contributed by atoms with Crippen molar-refractivity contribution in [1.82, 2.24) is 14.4 Å². The van der Waals surface area contributed by atoms with Gasteiger partial charge >= 0.3 is 0 Å². The second kappa shape index (κ2) is 8.77. The van der Waals surface area contributed by atoms with E-state index in [-0.39, 0.29) is 16.7 Å². The maximum Gasteiger partial charge on any atom is 0.252 e. The van der Waals surface area contributed by atoms with Gasteiger partial charge in [0, 0.05) is 42.7 Å². The van der Waals surface area contributed by atoms with Gasteiger partial charge in [0.2, 0.25) is 17.6 Å². The van der Waals surface area contributed by atoms with E-state index < -0.39 is 15.9 Å². The summed E-state index contributed by atoms with van der Waals surface area (Å²) < 4.78 is 38.1. The average molecular weight is 463 g/mol. The van der Waals surface area contributed by atoms with Gasteiger partial charge in [0.05, 0.1) is 13.0 Å². The van der Waals surface area contributed by atoms with Crippen LogP contribution >= 0.6 is 11.3 Å². The Balaban J connectivity index is 1.47. The Kier molecular flexibility index (Phi) is 6.08. The van der Waals surface area contributed by atoms with Crippen LogP contribution in [0.2, 0.25) is 0 Å². The lowest BCUT2D eigenvalue weighted by atomic mass is 9.98. The molecule has 9 nitrogen and oxygen atoms in total. The number of hydrogen-bond donors (Lipinski definition) is 1. The summed E-state index contributed by atoms with van der Waals surface area (Å²) in [6.07, 6.45) is 1.23. The standard InChI is InChI=1S/C20H22N4O5S2/c1-13-21-19(23-29-13)15-9-18(30-12-15)31(26,27)24-8-4-5-14(11-24)20(25)22-16-6-3-7-17(10-16)28-2/h3,6-7,9-10,12,14H,4-5,8,11H2,1-2H3,(H,22,25). The van der Waals surface area contributed by atoms with Crippen LogP contribution in [0.3, 0.4) is 0 Å². The summed E-state index contributed by atoms with van der Waals surface area (Å²) in [5, 5.41) is 8.38. The maximum atomic E-state index is 13.2. The molecule has 0 radical (unpaired) electrons. The minimum Gasteiger partial charge on any atom is -0.497 e. The molecule has 2 aromatic heterocycles. The maximum absolute atomic E-state index is 13.2. The molecule has 1 saturated heterocycles. The van der Waals surface area contributed by atoms with E-state index in [4.69, 9.17) is 9.26 Å². The molecule has 1 unspecified atom stereocenters. The fourth-order valence-corrected chi connectivity index (χ4v) is 6.27. The molecule has 1 atom stereocenters. The molecule has 31 heavy (non-hydrogen) atoms. The highest BCUT2D eigenvalue weighted by atomic mass is 32.2. The Morgan fingerprint density at radius 3 is 2.94 bits per heavy atom. The number of methoxy groups -OCH3 is 1. The molecule has 0 saturated carbocycles. The monoisotopic (exact) mass is 462 g/mol. The van der Waals surface area contributed by atoms with E-state index in [1.54, 1.807) is 49.7 Å². The third-order valence-electron chi connectivity index (χ3n) is 5.05. The van der Waals surface area contributed by atoms with E-state index in [9.17, 15) is 13.2 Å². The number of thiophene rings is 1. The molecule has 1 fully saturated rings. The van der Waals surface area contributed by atoms with Crippen molar-refractivity contribution in [2.45, 2.75) is 24.0 Å². The number of benzene rings is 1. The molecular weight excluding hydrogens is 440 g/mol. The van der Waals surface area contributed by atoms with E-state index in [2.05, 4.69) is 15.5 Å². The quantitative estimate of drug-likeness (QED) is 0.598. The molecule has 11 heteroatoms. The van der Waals surface area contributed by atoms with Gasteiger partial charge in [-0.05, 0) is 31.0 Å². The number of ether oxygens (including phenoxy) is 1. The van der Waals surface area contributed by atoms with Crippen molar-refractivity contribution in [1.29, 1.82) is 0 Å². The van der Waals surface area contributed by atoms with Gasteiger partial charge in [-0.15, -0.1) is 11.3 Å². The highest BCUT2D eigenvalue weighted by Crippen LogP contribution is 2.31. The van der Waals surface area contributed by atoms with Gasteiger partial charge < -0.3 is 14.6 Å². The second-order valence-electron chi connectivity index (χ2n) is 7.21. The Morgan fingerprint density at radius 1 is 1.35 bits per heavy atom. The summed E-state index contributed by atoms with van der Waals surface area (Å²) in [5.74, 6) is 0.753. The van der Waals surface area contributed by atoms with Crippen LogP contribution in [0.25, 0.3) is 11.4 Å². The molecule has 4 rings (SSSR count). The molecule has 1 aliphatic heterocycles. The molecule has 0 spiro atoms. The summed E-state index contributed by atoms with van der Waals surface area (Å²) in [6.45, 7) is 2.18. The van der Waals surface area contributed by atoms with Gasteiger partial charge in [0.15, 0.2) is 0 Å². The molecule has 1 aromatic carbocycles. The van der Waals surface area contributed by atoms with Crippen molar-refractivity contribution in [3.63, 3.8) is 0 Å². The van der Waals surface area contributed by atoms with Gasteiger partial charge in [-0.1, -0.05) is 11.2 Å². The third-order valence-corrected chi connectivity index (χ3v) is 8.33. The molecule has 3 aromatic rings. The minimum absolute atomic E-state index is 0.132. The van der Waals surface area contributed by atoms with Gasteiger partial charge in [-0.25, -0.2) is 8.42 Å². The highest BCUT2D eigenvalue weighted by Gasteiger charge is 2.34. The number of aryl methyl sites for hydroxylation is 1. The number of nitrogens with one attached hydrogen (secondary N) is 1. The number of hydrogen-bond acceptors (Lipinski definition) is 8. The SMILES string of the molecule is COc1cccc(NC(=O)C2CCCN(S(=O)(=O)c3cc(-c4noc(C)n4)cs3)C2)c1. The first-order valence-corrected chi connectivity index (χ1v) is 12.0. The first-order chi connectivity index (χ1) is 14.9. The molecular formula is C20H22N4O5S2. The molecule has 3 heterocycles. The second-order valence-corrected chi connectivity index (χ2v) is 10.3. The zero-order chi connectivity index (χ0) is 22.0. The Labute approximate surface area is 184 Å². The van der Waals surface area contributed by atoms with E-state index in [0.717, 1.165) is 11.3 Å². The smallest absolute Gasteiger partial charge is 0.252 e. The van der Waals surface area contributed by atoms with Crippen LogP contribution in [-0.2, 0) is 14.8 Å². The molecule has 0 bridgehead atoms. The van der Waals surface area contributed by atoms with Gasteiger partial charge in [0.25, 0.3) is 10.0 Å². The Bertz CT molecular complexity index is 1190. The third kappa shape index (κ3) is 4.63. The van der Waals surface area contributed by atoms with E-state index in [0.29, 0.717) is 48.1 Å². The summed E-state index contributed by atoms with van der Waals surface area (Å²) in [5.41, 5.74) is 1.20. The number of carbonyl (C=O) groups excluding carboxylic acids is 1. The first kappa shape index (κ1) is 21.5. The van der Waals surface area contributed by atoms with Crippen molar-refractivity contribution >= 4 is 33.0 Å². The van der Waals surface area contributed by atoms with Crippen molar-refractivity contribution in [3.8, 4) is 17.1 Å². The molecule has 1 N–H and O–H groups in total. The fraction of sp³-hybridized carbons (Fsp3) is 0.350. The fourth-order valence-electron chi connectivity index (χ4n) is 3.43. The lowest BCUT2D eigenvalue weighted by Gasteiger charge is -2.30. The summed E-state index contributed by atoms with van der Waals surface area (Å²) in [7, 11) is -2.17. The number of piperidine rings is 1. The van der Waals surface area contributed by atoms with E-state index in [1.807, 2.05) is 0 Å². The summed E-state index contributed by atoms with van der Waals surface area (Å²) >= 11 is 1.10. The van der Waals surface area contributed by atoms with Crippen LogP contribution in [0.4, 0.5) is 5.69 Å². The van der Waals surface area contributed by atoms with Crippen LogP contribution in [0, 0.1) is 12.8 Å². The highest BCUT2D eigenvalue weighted by molar-refractivity contribution is 7.91. The molecule has 0 aliphatic carbocycles. The number of anilines is 1. The van der Waals surface area contributed by atoms with Gasteiger partial charge in [-0.3, -0.25) is 4.79 Å². The predicted molar refractivity (Wildman–Crippen MR) is 115 cm³/mol. The van der Waals surface area contributed by atoms with Crippen molar-refractivity contribution in [3.05, 3.63) is 41.6 Å². The van der Waals surface area contributed by atoms with Crippen LogP contribution in [0.5, 0.6) is 5.75 Å². The summed E-state index contributed by atoms with van der Waals surface area (Å²) in [6, 6.07) is 8.61. The Morgan fingerprint density at radius 2 is 2.19 bits per heavy atom. The van der Waals surface area contributed by atoms with E-state index >= 15 is 0 Å². The lowest BCUT2D eigenvalue weighted by Crippen LogP contribution is -2.43. The number of carbonyl (C=O) groups is 1. The average Bonchev–Trinajstić information content (AvgIpc) is 3.43. The van der Waals surface area contributed by atoms with Gasteiger partial charge in [0.1, 0.15) is 9.96 Å². The van der Waals surface area contributed by atoms with Crippen molar-refractivity contribution < 1.29 is 22.5 Å². The first-order valence-electron chi connectivity index (χ1n) is 9.71. The van der Waals surface area contributed by atoms with Crippen molar-refractivity contribution in [2.75, 3.05) is 25.5 Å².